The number of anilines is 1. The molecule has 1 aliphatic heterocycles. The molecule has 172 valence electrons. The largest absolute Gasteiger partial charge is 0.493 e. The Labute approximate surface area is 202 Å². The zero-order valence-corrected chi connectivity index (χ0v) is 19.7. The SMILES string of the molecule is CCOc1cc([C@@H]2Nc3ccccc3-c3nnc(SCc4ccccc4)nc3O2)ccc1OC. The molecule has 5 rings (SSSR count). The molecule has 0 saturated carbocycles. The summed E-state index contributed by atoms with van der Waals surface area (Å²) in [5.41, 5.74) is 4.45. The monoisotopic (exact) mass is 472 g/mol. The Bertz CT molecular complexity index is 1290. The summed E-state index contributed by atoms with van der Waals surface area (Å²) in [6.07, 6.45) is -0.504. The lowest BCUT2D eigenvalue weighted by atomic mass is 10.1. The van der Waals surface area contributed by atoms with Gasteiger partial charge in [-0.3, -0.25) is 0 Å². The fourth-order valence-corrected chi connectivity index (χ4v) is 4.44. The topological polar surface area (TPSA) is 78.4 Å². The van der Waals surface area contributed by atoms with Gasteiger partial charge in [-0.15, -0.1) is 10.2 Å². The Balaban J connectivity index is 1.50. The number of nitrogens with one attached hydrogen (secondary N) is 1. The van der Waals surface area contributed by atoms with Gasteiger partial charge in [-0.2, -0.15) is 4.98 Å². The molecule has 2 heterocycles. The Hall–Kier alpha value is -3.78. The molecule has 0 aliphatic carbocycles. The average Bonchev–Trinajstić information content (AvgIpc) is 3.05. The van der Waals surface area contributed by atoms with Crippen LogP contribution in [0, 0.1) is 0 Å². The molecule has 0 bridgehead atoms. The Morgan fingerprint density at radius 2 is 1.79 bits per heavy atom. The van der Waals surface area contributed by atoms with Gasteiger partial charge in [-0.05, 0) is 36.8 Å². The molecule has 1 aromatic heterocycles. The zero-order valence-electron chi connectivity index (χ0n) is 18.9. The second kappa shape index (κ2) is 10.0. The van der Waals surface area contributed by atoms with E-state index in [0.29, 0.717) is 34.8 Å². The third-order valence-corrected chi connectivity index (χ3v) is 6.24. The van der Waals surface area contributed by atoms with Crippen molar-refractivity contribution in [1.29, 1.82) is 0 Å². The minimum absolute atomic E-state index is 0.432. The minimum Gasteiger partial charge on any atom is -0.493 e. The van der Waals surface area contributed by atoms with E-state index in [1.807, 2.05) is 67.6 Å². The van der Waals surface area contributed by atoms with Gasteiger partial charge in [-0.1, -0.05) is 60.3 Å². The van der Waals surface area contributed by atoms with Crippen LogP contribution in [0.25, 0.3) is 11.3 Å². The molecule has 4 aromatic rings. The molecule has 1 atom stereocenters. The summed E-state index contributed by atoms with van der Waals surface area (Å²) < 4.78 is 17.6. The molecule has 0 fully saturated rings. The van der Waals surface area contributed by atoms with Gasteiger partial charge in [0.05, 0.1) is 13.7 Å². The zero-order chi connectivity index (χ0) is 23.3. The number of fused-ring (bicyclic) bond motifs is 3. The summed E-state index contributed by atoms with van der Waals surface area (Å²) in [5, 5.41) is 12.9. The molecule has 0 saturated heterocycles. The maximum atomic E-state index is 6.39. The van der Waals surface area contributed by atoms with Crippen molar-refractivity contribution in [3.8, 4) is 28.6 Å². The van der Waals surface area contributed by atoms with E-state index in [4.69, 9.17) is 19.2 Å². The molecule has 1 N–H and O–H groups in total. The van der Waals surface area contributed by atoms with E-state index in [9.17, 15) is 0 Å². The Morgan fingerprint density at radius 3 is 2.62 bits per heavy atom. The fourth-order valence-electron chi connectivity index (χ4n) is 3.71. The van der Waals surface area contributed by atoms with Gasteiger partial charge in [0.2, 0.25) is 11.0 Å². The van der Waals surface area contributed by atoms with Crippen LogP contribution in [0.4, 0.5) is 5.69 Å². The van der Waals surface area contributed by atoms with Crippen molar-refractivity contribution in [3.05, 3.63) is 83.9 Å². The minimum atomic E-state index is -0.504. The van der Waals surface area contributed by atoms with E-state index in [1.165, 1.54) is 17.3 Å². The van der Waals surface area contributed by atoms with Crippen LogP contribution in [0.2, 0.25) is 0 Å². The number of hydrogen-bond acceptors (Lipinski definition) is 8. The molecule has 0 unspecified atom stereocenters. The van der Waals surface area contributed by atoms with Gasteiger partial charge >= 0.3 is 0 Å². The number of rotatable bonds is 7. The van der Waals surface area contributed by atoms with Crippen LogP contribution < -0.4 is 19.5 Å². The lowest BCUT2D eigenvalue weighted by molar-refractivity contribution is 0.224. The number of para-hydroxylation sites is 1. The molecular formula is C26H24N4O3S. The molecule has 1 aliphatic rings. The maximum absolute atomic E-state index is 6.39. The summed E-state index contributed by atoms with van der Waals surface area (Å²) in [5.74, 6) is 2.51. The van der Waals surface area contributed by atoms with Gasteiger partial charge in [-0.25, -0.2) is 0 Å². The van der Waals surface area contributed by atoms with Crippen molar-refractivity contribution in [2.24, 2.45) is 0 Å². The first-order valence-corrected chi connectivity index (χ1v) is 12.0. The quantitative estimate of drug-likeness (QED) is 0.341. The van der Waals surface area contributed by atoms with Gasteiger partial charge < -0.3 is 19.5 Å². The second-order valence-corrected chi connectivity index (χ2v) is 8.50. The van der Waals surface area contributed by atoms with Crippen LogP contribution in [-0.2, 0) is 5.75 Å². The van der Waals surface area contributed by atoms with Crippen molar-refractivity contribution < 1.29 is 14.2 Å². The van der Waals surface area contributed by atoms with E-state index < -0.39 is 6.23 Å². The van der Waals surface area contributed by atoms with Crippen LogP contribution in [0.5, 0.6) is 17.4 Å². The molecule has 3 aromatic carbocycles. The number of nitrogens with zero attached hydrogens (tertiary/aromatic N) is 3. The predicted molar refractivity (Wildman–Crippen MR) is 132 cm³/mol. The summed E-state index contributed by atoms with van der Waals surface area (Å²) in [4.78, 5) is 4.73. The number of hydrogen-bond donors (Lipinski definition) is 1. The summed E-state index contributed by atoms with van der Waals surface area (Å²) in [6.45, 7) is 2.47. The molecule has 7 nitrogen and oxygen atoms in total. The molecule has 8 heteroatoms. The third kappa shape index (κ3) is 4.63. The van der Waals surface area contributed by atoms with Crippen LogP contribution in [-0.4, -0.2) is 28.9 Å². The van der Waals surface area contributed by atoms with Crippen molar-refractivity contribution >= 4 is 17.4 Å². The highest BCUT2D eigenvalue weighted by Gasteiger charge is 2.26. The van der Waals surface area contributed by atoms with Crippen LogP contribution in [0.15, 0.2) is 78.0 Å². The van der Waals surface area contributed by atoms with Crippen molar-refractivity contribution in [2.75, 3.05) is 19.0 Å². The lowest BCUT2D eigenvalue weighted by Crippen LogP contribution is -2.17. The van der Waals surface area contributed by atoms with Crippen LogP contribution >= 0.6 is 11.8 Å². The molecular weight excluding hydrogens is 448 g/mol. The van der Waals surface area contributed by atoms with Gasteiger partial charge in [0.15, 0.2) is 23.4 Å². The highest BCUT2D eigenvalue weighted by Crippen LogP contribution is 2.41. The van der Waals surface area contributed by atoms with E-state index in [0.717, 1.165) is 22.6 Å². The van der Waals surface area contributed by atoms with Gasteiger partial charge in [0, 0.05) is 22.6 Å². The number of thioether (sulfide) groups is 1. The first-order valence-electron chi connectivity index (χ1n) is 11.0. The smallest absolute Gasteiger partial charge is 0.247 e. The molecule has 0 radical (unpaired) electrons. The summed E-state index contributed by atoms with van der Waals surface area (Å²) in [6, 6.07) is 23.9. The van der Waals surface area contributed by atoms with Gasteiger partial charge in [0.1, 0.15) is 0 Å². The average molecular weight is 473 g/mol. The van der Waals surface area contributed by atoms with E-state index in [2.05, 4.69) is 27.6 Å². The highest BCUT2D eigenvalue weighted by molar-refractivity contribution is 7.98. The number of benzene rings is 3. The fraction of sp³-hybridized carbons (Fsp3) is 0.192. The molecule has 0 amide bonds. The normalized spacial score (nSPS) is 14.1. The number of methoxy groups -OCH3 is 1. The third-order valence-electron chi connectivity index (χ3n) is 5.33. The van der Waals surface area contributed by atoms with Crippen molar-refractivity contribution in [2.45, 2.75) is 24.1 Å². The first kappa shape index (κ1) is 22.0. The molecule has 34 heavy (non-hydrogen) atoms. The lowest BCUT2D eigenvalue weighted by Gasteiger charge is -2.20. The van der Waals surface area contributed by atoms with Gasteiger partial charge in [0.25, 0.3) is 0 Å². The summed E-state index contributed by atoms with van der Waals surface area (Å²) >= 11 is 1.52. The number of aromatic nitrogens is 3. The first-order chi connectivity index (χ1) is 16.7. The second-order valence-electron chi connectivity index (χ2n) is 7.55. The predicted octanol–water partition coefficient (Wildman–Crippen LogP) is 5.74. The number of ether oxygens (including phenoxy) is 3. The van der Waals surface area contributed by atoms with E-state index in [-0.39, 0.29) is 0 Å². The van der Waals surface area contributed by atoms with Crippen molar-refractivity contribution in [1.82, 2.24) is 15.2 Å². The highest BCUT2D eigenvalue weighted by atomic mass is 32.2. The van der Waals surface area contributed by atoms with Crippen LogP contribution in [0.3, 0.4) is 0 Å². The van der Waals surface area contributed by atoms with E-state index in [1.54, 1.807) is 7.11 Å². The van der Waals surface area contributed by atoms with Crippen molar-refractivity contribution in [3.63, 3.8) is 0 Å². The van der Waals surface area contributed by atoms with E-state index >= 15 is 0 Å². The standard InChI is InChI=1S/C26H24N4O3S/c1-3-32-22-15-18(13-14-21(22)31-2)24-27-20-12-8-7-11-19(20)23-25(33-24)28-26(30-29-23)34-16-17-9-5-4-6-10-17/h4-15,24,27H,3,16H2,1-2H3/t24-/m1/s1. The molecule has 0 spiro atoms. The van der Waals surface area contributed by atoms with Crippen LogP contribution in [0.1, 0.15) is 24.3 Å². The summed E-state index contributed by atoms with van der Waals surface area (Å²) in [7, 11) is 1.63. The maximum Gasteiger partial charge on any atom is 0.247 e. The Morgan fingerprint density at radius 1 is 0.971 bits per heavy atom. The Kier molecular flexibility index (Phi) is 6.49.